The van der Waals surface area contributed by atoms with Crippen LogP contribution in [0.2, 0.25) is 0 Å². The molecule has 16 heavy (non-hydrogen) atoms. The van der Waals surface area contributed by atoms with Gasteiger partial charge in [0.25, 0.3) is 0 Å². The second-order valence-corrected chi connectivity index (χ2v) is 4.07. The van der Waals surface area contributed by atoms with E-state index in [1.165, 1.54) is 10.6 Å². The van der Waals surface area contributed by atoms with Crippen LogP contribution in [0, 0.1) is 10.1 Å². The molecule has 0 spiro atoms. The molecule has 0 bridgehead atoms. The molecular weight excluding hydrogens is 210 g/mol. The van der Waals surface area contributed by atoms with E-state index in [1.54, 1.807) is 12.3 Å². The SMILES string of the molecule is CN1CCC(n2cccc([N+](=O)[O-])c2=O)C1. The number of hydrogen-bond acceptors (Lipinski definition) is 4. The van der Waals surface area contributed by atoms with Crippen LogP contribution in [0.15, 0.2) is 23.1 Å². The number of hydrogen-bond donors (Lipinski definition) is 0. The summed E-state index contributed by atoms with van der Waals surface area (Å²) in [7, 11) is 1.97. The van der Waals surface area contributed by atoms with Crippen LogP contribution < -0.4 is 5.56 Å². The average Bonchev–Trinajstić information content (AvgIpc) is 2.64. The van der Waals surface area contributed by atoms with Crippen molar-refractivity contribution in [1.82, 2.24) is 9.47 Å². The van der Waals surface area contributed by atoms with Gasteiger partial charge < -0.3 is 9.47 Å². The standard InChI is InChI=1S/C10H13N3O3/c1-11-6-4-8(7-11)12-5-2-3-9(10(12)14)13(15)16/h2-3,5,8H,4,6-7H2,1H3. The fourth-order valence-electron chi connectivity index (χ4n) is 2.06. The molecule has 1 aliphatic rings. The van der Waals surface area contributed by atoms with Gasteiger partial charge in [-0.1, -0.05) is 0 Å². The minimum atomic E-state index is -0.627. The van der Waals surface area contributed by atoms with Crippen molar-refractivity contribution < 1.29 is 4.92 Å². The van der Waals surface area contributed by atoms with Crippen molar-refractivity contribution in [2.24, 2.45) is 0 Å². The molecule has 6 heteroatoms. The third-order valence-corrected chi connectivity index (χ3v) is 2.91. The summed E-state index contributed by atoms with van der Waals surface area (Å²) in [6, 6.07) is 2.85. The fraction of sp³-hybridized carbons (Fsp3) is 0.500. The number of rotatable bonds is 2. The molecule has 2 rings (SSSR count). The summed E-state index contributed by atoms with van der Waals surface area (Å²) in [5.74, 6) is 0. The van der Waals surface area contributed by atoms with Crippen LogP contribution in [0.1, 0.15) is 12.5 Å². The highest BCUT2D eigenvalue weighted by atomic mass is 16.6. The van der Waals surface area contributed by atoms with Crippen molar-refractivity contribution in [3.8, 4) is 0 Å². The average molecular weight is 223 g/mol. The van der Waals surface area contributed by atoms with Crippen molar-refractivity contribution >= 4 is 5.69 Å². The molecule has 1 atom stereocenters. The molecule has 1 saturated heterocycles. The Morgan fingerprint density at radius 3 is 2.88 bits per heavy atom. The molecule has 0 amide bonds. The normalized spacial score (nSPS) is 21.2. The summed E-state index contributed by atoms with van der Waals surface area (Å²) in [5.41, 5.74) is -0.857. The van der Waals surface area contributed by atoms with E-state index in [2.05, 4.69) is 4.90 Å². The first-order chi connectivity index (χ1) is 7.59. The first-order valence-corrected chi connectivity index (χ1v) is 5.13. The molecule has 0 N–H and O–H groups in total. The molecule has 0 radical (unpaired) electrons. The largest absolute Gasteiger partial charge is 0.334 e. The van der Waals surface area contributed by atoms with Crippen LogP contribution in [0.25, 0.3) is 0 Å². The van der Waals surface area contributed by atoms with Crippen LogP contribution >= 0.6 is 0 Å². The number of likely N-dealkylation sites (N-methyl/N-ethyl adjacent to an activating group) is 1. The van der Waals surface area contributed by atoms with Gasteiger partial charge >= 0.3 is 11.2 Å². The van der Waals surface area contributed by atoms with Crippen LogP contribution in [0.5, 0.6) is 0 Å². The Morgan fingerprint density at radius 2 is 2.31 bits per heavy atom. The van der Waals surface area contributed by atoms with Crippen molar-refractivity contribution in [3.63, 3.8) is 0 Å². The van der Waals surface area contributed by atoms with E-state index < -0.39 is 10.5 Å². The maximum Gasteiger partial charge on any atom is 0.334 e. The van der Waals surface area contributed by atoms with Gasteiger partial charge in [0.05, 0.1) is 11.0 Å². The van der Waals surface area contributed by atoms with Gasteiger partial charge in [-0.25, -0.2) is 0 Å². The quantitative estimate of drug-likeness (QED) is 0.544. The van der Waals surface area contributed by atoms with E-state index in [9.17, 15) is 14.9 Å². The minimum absolute atomic E-state index is 0.0531. The highest BCUT2D eigenvalue weighted by Gasteiger charge is 2.24. The molecule has 1 aliphatic heterocycles. The third kappa shape index (κ3) is 1.83. The second-order valence-electron chi connectivity index (χ2n) is 4.07. The Morgan fingerprint density at radius 1 is 1.56 bits per heavy atom. The fourth-order valence-corrected chi connectivity index (χ4v) is 2.06. The molecule has 0 aromatic carbocycles. The lowest BCUT2D eigenvalue weighted by Gasteiger charge is -2.13. The Labute approximate surface area is 92.3 Å². The van der Waals surface area contributed by atoms with E-state index in [4.69, 9.17) is 0 Å². The van der Waals surface area contributed by atoms with Gasteiger partial charge in [-0.3, -0.25) is 14.9 Å². The molecule has 1 unspecified atom stereocenters. The maximum atomic E-state index is 11.8. The van der Waals surface area contributed by atoms with Crippen molar-refractivity contribution in [2.75, 3.05) is 20.1 Å². The van der Waals surface area contributed by atoms with Gasteiger partial charge in [0.2, 0.25) is 0 Å². The van der Waals surface area contributed by atoms with E-state index in [1.807, 2.05) is 7.05 Å². The van der Waals surface area contributed by atoms with Crippen LogP contribution in [0.4, 0.5) is 5.69 Å². The minimum Gasteiger partial charge on any atom is -0.305 e. The van der Waals surface area contributed by atoms with Crippen molar-refractivity contribution in [3.05, 3.63) is 38.8 Å². The van der Waals surface area contributed by atoms with Crippen molar-refractivity contribution in [1.29, 1.82) is 0 Å². The summed E-state index contributed by atoms with van der Waals surface area (Å²) in [6.45, 7) is 1.68. The zero-order valence-corrected chi connectivity index (χ0v) is 9.00. The number of nitrogens with zero attached hydrogens (tertiary/aromatic N) is 3. The summed E-state index contributed by atoms with van der Waals surface area (Å²) < 4.78 is 1.47. The summed E-state index contributed by atoms with van der Waals surface area (Å²) in [4.78, 5) is 23.9. The van der Waals surface area contributed by atoms with Crippen molar-refractivity contribution in [2.45, 2.75) is 12.5 Å². The van der Waals surface area contributed by atoms with Crippen LogP contribution in [-0.4, -0.2) is 34.5 Å². The molecule has 2 heterocycles. The van der Waals surface area contributed by atoms with Gasteiger partial charge in [-0.15, -0.1) is 0 Å². The number of pyridine rings is 1. The predicted molar refractivity (Wildman–Crippen MR) is 58.5 cm³/mol. The molecule has 0 saturated carbocycles. The molecule has 86 valence electrons. The van der Waals surface area contributed by atoms with Gasteiger partial charge in [0, 0.05) is 18.8 Å². The zero-order valence-electron chi connectivity index (χ0n) is 9.00. The topological polar surface area (TPSA) is 68.4 Å². The van der Waals surface area contributed by atoms with E-state index in [0.717, 1.165) is 19.5 Å². The van der Waals surface area contributed by atoms with Gasteiger partial charge in [-0.2, -0.15) is 0 Å². The smallest absolute Gasteiger partial charge is 0.305 e. The summed E-state index contributed by atoms with van der Waals surface area (Å²) in [6.07, 6.45) is 2.48. The number of aromatic nitrogens is 1. The highest BCUT2D eigenvalue weighted by Crippen LogP contribution is 2.19. The molecular formula is C10H13N3O3. The van der Waals surface area contributed by atoms with E-state index in [-0.39, 0.29) is 11.7 Å². The highest BCUT2D eigenvalue weighted by molar-refractivity contribution is 5.25. The molecule has 1 fully saturated rings. The Balaban J connectivity index is 2.39. The molecule has 1 aromatic heterocycles. The Kier molecular flexibility index (Phi) is 2.74. The molecule has 0 aliphatic carbocycles. The third-order valence-electron chi connectivity index (χ3n) is 2.91. The number of nitro groups is 1. The monoisotopic (exact) mass is 223 g/mol. The number of likely N-dealkylation sites (tertiary alicyclic amines) is 1. The van der Waals surface area contributed by atoms with Gasteiger partial charge in [0.15, 0.2) is 0 Å². The maximum absolute atomic E-state index is 11.8. The van der Waals surface area contributed by atoms with E-state index in [0.29, 0.717) is 0 Å². The first kappa shape index (κ1) is 10.8. The lowest BCUT2D eigenvalue weighted by molar-refractivity contribution is -0.386. The van der Waals surface area contributed by atoms with Crippen LogP contribution in [-0.2, 0) is 0 Å². The molecule has 1 aromatic rings. The molecule has 6 nitrogen and oxygen atoms in total. The summed E-state index contributed by atoms with van der Waals surface area (Å²) >= 11 is 0. The van der Waals surface area contributed by atoms with Gasteiger partial charge in [-0.05, 0) is 26.1 Å². The second kappa shape index (κ2) is 4.05. The van der Waals surface area contributed by atoms with E-state index >= 15 is 0 Å². The Bertz CT molecular complexity index is 469. The summed E-state index contributed by atoms with van der Waals surface area (Å²) in [5, 5.41) is 10.6. The zero-order chi connectivity index (χ0) is 11.7. The lowest BCUT2D eigenvalue weighted by Crippen LogP contribution is -2.27. The lowest BCUT2D eigenvalue weighted by atomic mass is 10.2. The van der Waals surface area contributed by atoms with Gasteiger partial charge in [0.1, 0.15) is 0 Å². The Hall–Kier alpha value is -1.69. The first-order valence-electron chi connectivity index (χ1n) is 5.13. The predicted octanol–water partition coefficient (Wildman–Crippen LogP) is 0.633. The van der Waals surface area contributed by atoms with Crippen LogP contribution in [0.3, 0.4) is 0 Å².